The van der Waals surface area contributed by atoms with Crippen LogP contribution in [-0.2, 0) is 0 Å². The minimum absolute atomic E-state index is 0.305. The van der Waals surface area contributed by atoms with Crippen LogP contribution in [0.1, 0.15) is 32.4 Å². The molecule has 2 heterocycles. The van der Waals surface area contributed by atoms with E-state index in [9.17, 15) is 0 Å². The molecule has 0 radical (unpaired) electrons. The number of nitrogens with zero attached hydrogens (tertiary/aromatic N) is 3. The van der Waals surface area contributed by atoms with Crippen LogP contribution in [0.4, 0.5) is 5.82 Å². The Morgan fingerprint density at radius 3 is 2.75 bits per heavy atom. The molecule has 0 amide bonds. The number of unbranched alkanes of at least 4 members (excludes halogenated alkanes) is 1. The first-order valence-electron chi connectivity index (χ1n) is 7.88. The van der Waals surface area contributed by atoms with Crippen LogP contribution in [0.3, 0.4) is 0 Å². The van der Waals surface area contributed by atoms with Gasteiger partial charge in [0.15, 0.2) is 0 Å². The van der Waals surface area contributed by atoms with Gasteiger partial charge in [-0.1, -0.05) is 37.1 Å². The molecular formula is C19H21ClN4. The number of allylic oxidation sites excluding steroid dienone is 3. The second-order valence-electron chi connectivity index (χ2n) is 5.17. The number of aromatic nitrogens is 2. The summed E-state index contributed by atoms with van der Waals surface area (Å²) in [6.07, 6.45) is 13.2. The lowest BCUT2D eigenvalue weighted by Crippen LogP contribution is -1.99. The second-order valence-corrected chi connectivity index (χ2v) is 5.58. The maximum absolute atomic E-state index is 6.20. The number of anilines is 1. The van der Waals surface area contributed by atoms with Crippen LogP contribution in [0.5, 0.6) is 0 Å². The summed E-state index contributed by atoms with van der Waals surface area (Å²) in [6, 6.07) is 5.68. The molecule has 0 saturated carbocycles. The fraction of sp³-hybridized carbons (Fsp3) is 0.211. The van der Waals surface area contributed by atoms with Crippen LogP contribution in [0.25, 0.3) is 16.7 Å². The van der Waals surface area contributed by atoms with Gasteiger partial charge in [0.2, 0.25) is 0 Å². The van der Waals surface area contributed by atoms with Crippen molar-refractivity contribution in [2.75, 3.05) is 5.73 Å². The number of pyridine rings is 2. The van der Waals surface area contributed by atoms with Gasteiger partial charge in [-0.25, -0.2) is 4.98 Å². The lowest BCUT2D eigenvalue weighted by atomic mass is 10.00. The summed E-state index contributed by atoms with van der Waals surface area (Å²) in [5, 5.41) is 0.432. The van der Waals surface area contributed by atoms with E-state index < -0.39 is 0 Å². The maximum Gasteiger partial charge on any atom is 0.142 e. The Morgan fingerprint density at radius 2 is 2.08 bits per heavy atom. The predicted molar refractivity (Wildman–Crippen MR) is 103 cm³/mol. The molecule has 0 aliphatic heterocycles. The molecule has 2 N–H and O–H groups in total. The Hall–Kier alpha value is -2.46. The van der Waals surface area contributed by atoms with Crippen LogP contribution < -0.4 is 5.73 Å². The van der Waals surface area contributed by atoms with Gasteiger partial charge >= 0.3 is 0 Å². The van der Waals surface area contributed by atoms with E-state index in [2.05, 4.69) is 28.0 Å². The van der Waals surface area contributed by atoms with Gasteiger partial charge in [0, 0.05) is 35.9 Å². The number of halogens is 1. The average Bonchev–Trinajstić information content (AvgIpc) is 2.61. The topological polar surface area (TPSA) is 64.2 Å². The number of rotatable bonds is 6. The summed E-state index contributed by atoms with van der Waals surface area (Å²) in [5.74, 6) is 0.305. The van der Waals surface area contributed by atoms with Crippen molar-refractivity contribution >= 4 is 29.2 Å². The molecule has 0 saturated heterocycles. The molecule has 2 rings (SSSR count). The van der Waals surface area contributed by atoms with Crippen molar-refractivity contribution in [2.45, 2.75) is 26.7 Å². The monoisotopic (exact) mass is 340 g/mol. The third-order valence-corrected chi connectivity index (χ3v) is 3.69. The van der Waals surface area contributed by atoms with Crippen LogP contribution in [0, 0.1) is 0 Å². The largest absolute Gasteiger partial charge is 0.382 e. The minimum Gasteiger partial charge on any atom is -0.382 e. The molecule has 0 unspecified atom stereocenters. The highest BCUT2D eigenvalue weighted by atomic mass is 35.5. The highest BCUT2D eigenvalue weighted by Gasteiger charge is 2.13. The van der Waals surface area contributed by atoms with Gasteiger partial charge in [-0.3, -0.25) is 9.98 Å². The molecule has 0 bridgehead atoms. The van der Waals surface area contributed by atoms with Crippen molar-refractivity contribution in [3.8, 4) is 11.1 Å². The predicted octanol–water partition coefficient (Wildman–Crippen LogP) is 5.17. The molecule has 0 fully saturated rings. The fourth-order valence-corrected chi connectivity index (χ4v) is 2.34. The summed E-state index contributed by atoms with van der Waals surface area (Å²) in [7, 11) is 0. The number of hydrogen-bond acceptors (Lipinski definition) is 4. The van der Waals surface area contributed by atoms with Crippen LogP contribution in [0.2, 0.25) is 5.02 Å². The SMILES string of the molecule is CC=N/C=C(\C=C\CCC)c1nc(N)c(Cl)cc1-c1ccncc1. The van der Waals surface area contributed by atoms with Crippen molar-refractivity contribution in [1.82, 2.24) is 9.97 Å². The Balaban J connectivity index is 2.62. The first kappa shape index (κ1) is 17.9. The number of nitrogen functional groups attached to an aromatic ring is 1. The smallest absolute Gasteiger partial charge is 0.142 e. The standard InChI is InChI=1S/C19H21ClN4/c1-3-5-6-7-15(13-22-4-2)18-16(12-17(20)19(21)24-18)14-8-10-23-11-9-14/h4,6-13H,3,5H2,1-2H3,(H2,21,24)/b7-6+,15-13+,22-4?. The quantitative estimate of drug-likeness (QED) is 0.583. The van der Waals surface area contributed by atoms with Gasteiger partial charge in [-0.2, -0.15) is 0 Å². The van der Waals surface area contributed by atoms with Crippen LogP contribution in [-0.4, -0.2) is 16.2 Å². The highest BCUT2D eigenvalue weighted by molar-refractivity contribution is 6.33. The summed E-state index contributed by atoms with van der Waals surface area (Å²) in [4.78, 5) is 12.8. The molecule has 24 heavy (non-hydrogen) atoms. The normalized spacial score (nSPS) is 12.4. The third-order valence-electron chi connectivity index (χ3n) is 3.38. The Kier molecular flexibility index (Phi) is 6.70. The van der Waals surface area contributed by atoms with E-state index in [4.69, 9.17) is 17.3 Å². The van der Waals surface area contributed by atoms with E-state index >= 15 is 0 Å². The van der Waals surface area contributed by atoms with E-state index in [1.54, 1.807) is 24.8 Å². The number of aliphatic imine (C=N–C) groups is 1. The summed E-state index contributed by atoms with van der Waals surface area (Å²) >= 11 is 6.20. The van der Waals surface area contributed by atoms with Crippen molar-refractivity contribution in [2.24, 2.45) is 4.99 Å². The lowest BCUT2D eigenvalue weighted by Gasteiger charge is -2.12. The van der Waals surface area contributed by atoms with Gasteiger partial charge in [0.25, 0.3) is 0 Å². The van der Waals surface area contributed by atoms with Crippen molar-refractivity contribution < 1.29 is 0 Å². The molecule has 2 aromatic heterocycles. The molecule has 4 nitrogen and oxygen atoms in total. The van der Waals surface area contributed by atoms with Crippen LogP contribution >= 0.6 is 11.6 Å². The average molecular weight is 341 g/mol. The van der Waals surface area contributed by atoms with Gasteiger partial charge in [-0.05, 0) is 37.1 Å². The second kappa shape index (κ2) is 8.99. The molecule has 0 aromatic carbocycles. The summed E-state index contributed by atoms with van der Waals surface area (Å²) < 4.78 is 0. The molecule has 0 spiro atoms. The molecule has 0 atom stereocenters. The molecular weight excluding hydrogens is 320 g/mol. The summed E-state index contributed by atoms with van der Waals surface area (Å²) in [6.45, 7) is 4.01. The molecule has 2 aromatic rings. The van der Waals surface area contributed by atoms with E-state index in [-0.39, 0.29) is 0 Å². The lowest BCUT2D eigenvalue weighted by molar-refractivity contribution is 0.959. The van der Waals surface area contributed by atoms with Crippen molar-refractivity contribution in [3.63, 3.8) is 0 Å². The van der Waals surface area contributed by atoms with Gasteiger partial charge in [-0.15, -0.1) is 0 Å². The first-order chi connectivity index (χ1) is 11.7. The Labute approximate surface area is 147 Å². The maximum atomic E-state index is 6.20. The summed E-state index contributed by atoms with van der Waals surface area (Å²) in [5.41, 5.74) is 9.46. The number of nitrogens with two attached hydrogens (primary N) is 1. The first-order valence-corrected chi connectivity index (χ1v) is 8.26. The zero-order valence-electron chi connectivity index (χ0n) is 13.9. The van der Waals surface area contributed by atoms with E-state index in [0.29, 0.717) is 10.8 Å². The number of hydrogen-bond donors (Lipinski definition) is 1. The van der Waals surface area contributed by atoms with E-state index in [1.807, 2.05) is 31.2 Å². The Morgan fingerprint density at radius 1 is 1.33 bits per heavy atom. The Bertz CT molecular complexity index is 764. The van der Waals surface area contributed by atoms with Crippen LogP contribution in [0.15, 0.2) is 53.9 Å². The third kappa shape index (κ3) is 4.52. The molecule has 5 heteroatoms. The van der Waals surface area contributed by atoms with Crippen molar-refractivity contribution in [1.29, 1.82) is 0 Å². The zero-order valence-corrected chi connectivity index (χ0v) is 14.7. The molecule has 0 aliphatic carbocycles. The van der Waals surface area contributed by atoms with Gasteiger partial charge in [0.05, 0.1) is 10.7 Å². The van der Waals surface area contributed by atoms with E-state index in [1.165, 1.54) is 0 Å². The van der Waals surface area contributed by atoms with Gasteiger partial charge in [0.1, 0.15) is 5.82 Å². The molecule has 124 valence electrons. The zero-order chi connectivity index (χ0) is 17.4. The molecule has 0 aliphatic rings. The highest BCUT2D eigenvalue weighted by Crippen LogP contribution is 2.33. The van der Waals surface area contributed by atoms with Gasteiger partial charge < -0.3 is 5.73 Å². The fourth-order valence-electron chi connectivity index (χ4n) is 2.19. The minimum atomic E-state index is 0.305. The van der Waals surface area contributed by atoms with E-state index in [0.717, 1.165) is 35.2 Å². The van der Waals surface area contributed by atoms with Crippen molar-refractivity contribution in [3.05, 3.63) is 59.7 Å².